The lowest BCUT2D eigenvalue weighted by Gasteiger charge is -2.18. The number of nitrogens with zero attached hydrogens (tertiary/aromatic N) is 4. The summed E-state index contributed by atoms with van der Waals surface area (Å²) in [5.41, 5.74) is 2.89. The maximum Gasteiger partial charge on any atom is 0.315 e. The summed E-state index contributed by atoms with van der Waals surface area (Å²) in [5.74, 6) is -1.36. The fraction of sp³-hybridized carbons (Fsp3) is 0.154. The molecule has 0 amide bonds. The third kappa shape index (κ3) is 5.95. The molecule has 2 heterocycles. The summed E-state index contributed by atoms with van der Waals surface area (Å²) < 4.78 is 37.9. The molecular formula is C26H22F2N4O3S. The molecule has 184 valence electrons. The molecule has 0 fully saturated rings. The summed E-state index contributed by atoms with van der Waals surface area (Å²) in [7, 11) is 1.36. The van der Waals surface area contributed by atoms with Crippen molar-refractivity contribution in [3.8, 4) is 11.3 Å². The van der Waals surface area contributed by atoms with Crippen LogP contribution < -0.4 is 0 Å². The predicted octanol–water partition coefficient (Wildman–Crippen LogP) is 5.59. The molecule has 0 spiro atoms. The summed E-state index contributed by atoms with van der Waals surface area (Å²) in [6, 6.07) is 13.3. The molecule has 2 aromatic carbocycles. The zero-order valence-corrected chi connectivity index (χ0v) is 20.4. The van der Waals surface area contributed by atoms with E-state index in [0.29, 0.717) is 28.4 Å². The van der Waals surface area contributed by atoms with Gasteiger partial charge in [-0.2, -0.15) is 5.10 Å². The molecule has 10 heteroatoms. The van der Waals surface area contributed by atoms with Crippen LogP contribution in [0.15, 0.2) is 92.1 Å². The van der Waals surface area contributed by atoms with E-state index in [2.05, 4.69) is 26.6 Å². The van der Waals surface area contributed by atoms with Gasteiger partial charge in [0.1, 0.15) is 12.2 Å². The largest absolute Gasteiger partial charge is 0.468 e. The number of benzene rings is 2. The van der Waals surface area contributed by atoms with E-state index in [9.17, 15) is 13.6 Å². The number of halogens is 2. The highest BCUT2D eigenvalue weighted by Gasteiger charge is 2.16. The first-order valence-corrected chi connectivity index (χ1v) is 11.8. The molecule has 0 aliphatic carbocycles. The molecule has 0 radical (unpaired) electrons. The van der Waals surface area contributed by atoms with Crippen LogP contribution in [0.1, 0.15) is 18.2 Å². The molecule has 4 rings (SSSR count). The van der Waals surface area contributed by atoms with Crippen molar-refractivity contribution in [1.82, 2.24) is 10.2 Å². The van der Waals surface area contributed by atoms with Gasteiger partial charge in [0.2, 0.25) is 0 Å². The summed E-state index contributed by atoms with van der Waals surface area (Å²) in [4.78, 5) is 16.7. The van der Waals surface area contributed by atoms with Gasteiger partial charge in [0.05, 0.1) is 31.0 Å². The van der Waals surface area contributed by atoms with E-state index in [-0.39, 0.29) is 23.8 Å². The number of hydrazone groups is 1. The van der Waals surface area contributed by atoms with Crippen molar-refractivity contribution in [3.05, 3.63) is 95.5 Å². The minimum absolute atomic E-state index is 0.0763. The van der Waals surface area contributed by atoms with E-state index in [1.165, 1.54) is 37.2 Å². The van der Waals surface area contributed by atoms with Gasteiger partial charge in [-0.15, -0.1) is 11.8 Å². The zero-order chi connectivity index (χ0) is 25.7. The Bertz CT molecular complexity index is 1380. The quantitative estimate of drug-likeness (QED) is 0.224. The first-order chi connectivity index (χ1) is 17.3. The number of carbonyl (C=O) groups is 1. The van der Waals surface area contributed by atoms with Crippen LogP contribution in [0, 0.1) is 11.6 Å². The van der Waals surface area contributed by atoms with Gasteiger partial charge >= 0.3 is 5.97 Å². The molecule has 0 saturated carbocycles. The van der Waals surface area contributed by atoms with Crippen molar-refractivity contribution in [3.63, 3.8) is 0 Å². The molecule has 3 aromatic rings. The number of methoxy groups -OCH3 is 1. The molecule has 1 aliphatic heterocycles. The summed E-state index contributed by atoms with van der Waals surface area (Å²) in [6.45, 7) is 5.80. The number of aliphatic imine (C=N–C) groups is 1. The highest BCUT2D eigenvalue weighted by atomic mass is 32.2. The predicted molar refractivity (Wildman–Crippen MR) is 135 cm³/mol. The van der Waals surface area contributed by atoms with Gasteiger partial charge < -0.3 is 9.26 Å². The Morgan fingerprint density at radius 2 is 2.00 bits per heavy atom. The zero-order valence-electron chi connectivity index (χ0n) is 19.6. The van der Waals surface area contributed by atoms with E-state index in [4.69, 9.17) is 4.52 Å². The van der Waals surface area contributed by atoms with Crippen molar-refractivity contribution in [1.29, 1.82) is 0 Å². The highest BCUT2D eigenvalue weighted by molar-refractivity contribution is 8.00. The number of ether oxygens (including phenoxy) is 1. The lowest BCUT2D eigenvalue weighted by atomic mass is 10.1. The lowest BCUT2D eigenvalue weighted by molar-refractivity contribution is -0.137. The van der Waals surface area contributed by atoms with E-state index >= 15 is 0 Å². The Kier molecular flexibility index (Phi) is 7.74. The Labute approximate surface area is 210 Å². The van der Waals surface area contributed by atoms with Gasteiger partial charge in [0.25, 0.3) is 0 Å². The normalized spacial score (nSPS) is 13.7. The van der Waals surface area contributed by atoms with Crippen LogP contribution in [0.25, 0.3) is 11.3 Å². The molecule has 7 nitrogen and oxygen atoms in total. The SMILES string of the molecule is C=C1C=NN(Cc2cc(-c3ccc(SCC(=O)OC)cc3)no2)C=C1N=C(C)c1cccc(F)c1F. The molecule has 0 bridgehead atoms. The van der Waals surface area contributed by atoms with Crippen LogP contribution in [0.5, 0.6) is 0 Å². The highest BCUT2D eigenvalue weighted by Crippen LogP contribution is 2.26. The number of hydrogen-bond donors (Lipinski definition) is 0. The van der Waals surface area contributed by atoms with E-state index in [1.807, 2.05) is 24.3 Å². The maximum atomic E-state index is 14.1. The van der Waals surface area contributed by atoms with Crippen LogP contribution in [-0.4, -0.2) is 40.9 Å². The molecule has 0 atom stereocenters. The number of allylic oxidation sites excluding steroid dienone is 1. The monoisotopic (exact) mass is 508 g/mol. The number of rotatable bonds is 8. The van der Waals surface area contributed by atoms with E-state index in [0.717, 1.165) is 16.5 Å². The Balaban J connectivity index is 1.45. The van der Waals surface area contributed by atoms with Gasteiger partial charge in [-0.25, -0.2) is 8.78 Å². The molecule has 0 unspecified atom stereocenters. The van der Waals surface area contributed by atoms with Gasteiger partial charge in [-0.1, -0.05) is 29.9 Å². The van der Waals surface area contributed by atoms with Gasteiger partial charge in [0, 0.05) is 33.4 Å². The average Bonchev–Trinajstić information content (AvgIpc) is 3.34. The van der Waals surface area contributed by atoms with Crippen molar-refractivity contribution in [2.45, 2.75) is 18.4 Å². The average molecular weight is 509 g/mol. The van der Waals surface area contributed by atoms with Crippen molar-refractivity contribution < 1.29 is 22.8 Å². The van der Waals surface area contributed by atoms with Crippen LogP contribution in [0.2, 0.25) is 0 Å². The molecule has 1 aliphatic rings. The second kappa shape index (κ2) is 11.1. The van der Waals surface area contributed by atoms with Crippen LogP contribution in [0.4, 0.5) is 8.78 Å². The smallest absolute Gasteiger partial charge is 0.315 e. The van der Waals surface area contributed by atoms with Gasteiger partial charge in [0.15, 0.2) is 17.4 Å². The summed E-state index contributed by atoms with van der Waals surface area (Å²) in [6.07, 6.45) is 3.19. The minimum atomic E-state index is -0.949. The topological polar surface area (TPSA) is 80.3 Å². The third-order valence-electron chi connectivity index (χ3n) is 5.20. The van der Waals surface area contributed by atoms with Crippen LogP contribution in [0.3, 0.4) is 0 Å². The summed E-state index contributed by atoms with van der Waals surface area (Å²) >= 11 is 1.39. The molecule has 0 saturated heterocycles. The van der Waals surface area contributed by atoms with Crippen LogP contribution in [-0.2, 0) is 16.1 Å². The van der Waals surface area contributed by atoms with Crippen LogP contribution >= 0.6 is 11.8 Å². The van der Waals surface area contributed by atoms with Crippen molar-refractivity contribution in [2.24, 2.45) is 10.1 Å². The number of carbonyl (C=O) groups excluding carboxylic acids is 1. The minimum Gasteiger partial charge on any atom is -0.468 e. The Morgan fingerprint density at radius 3 is 2.75 bits per heavy atom. The number of thioether (sulfide) groups is 1. The molecular weight excluding hydrogens is 486 g/mol. The maximum absolute atomic E-state index is 14.1. The number of esters is 1. The molecule has 1 aromatic heterocycles. The van der Waals surface area contributed by atoms with E-state index in [1.54, 1.807) is 24.2 Å². The first kappa shape index (κ1) is 25.1. The second-order valence-electron chi connectivity index (χ2n) is 7.75. The standard InChI is InChI=1S/C26H22F2N4O3S/c1-16-12-29-32(14-24(16)30-17(2)21-5-4-6-22(27)26(21)28)13-19-11-23(31-35-19)18-7-9-20(10-8-18)36-15-25(33)34-3/h4-12,14H,1,13,15H2,2-3H3. The second-order valence-corrected chi connectivity index (χ2v) is 8.80. The number of hydrogen-bond acceptors (Lipinski definition) is 8. The van der Waals surface area contributed by atoms with Crippen molar-refractivity contribution >= 4 is 29.7 Å². The van der Waals surface area contributed by atoms with E-state index < -0.39 is 11.6 Å². The van der Waals surface area contributed by atoms with Gasteiger partial charge in [-0.05, 0) is 31.2 Å². The Hall–Kier alpha value is -4.05. The Morgan fingerprint density at radius 1 is 1.22 bits per heavy atom. The lowest BCUT2D eigenvalue weighted by Crippen LogP contribution is -2.15. The van der Waals surface area contributed by atoms with Crippen molar-refractivity contribution in [2.75, 3.05) is 12.9 Å². The summed E-state index contributed by atoms with van der Waals surface area (Å²) in [5, 5.41) is 10.0. The number of aromatic nitrogens is 1. The molecule has 0 N–H and O–H groups in total. The fourth-order valence-corrected chi connectivity index (χ4v) is 4.02. The third-order valence-corrected chi connectivity index (χ3v) is 6.19. The molecule has 36 heavy (non-hydrogen) atoms. The van der Waals surface area contributed by atoms with Gasteiger partial charge in [-0.3, -0.25) is 14.8 Å². The fourth-order valence-electron chi connectivity index (χ4n) is 3.28. The first-order valence-electron chi connectivity index (χ1n) is 10.8.